The molecule has 0 spiro atoms. The zero-order chi connectivity index (χ0) is 15.7. The molecule has 2 aliphatic carbocycles. The molecule has 2 rings (SSSR count). The first kappa shape index (κ1) is 16.4. The van der Waals surface area contributed by atoms with Gasteiger partial charge in [-0.3, -0.25) is 0 Å². The fourth-order valence-corrected chi connectivity index (χ4v) is 2.92. The lowest BCUT2D eigenvalue weighted by molar-refractivity contribution is -0.187. The van der Waals surface area contributed by atoms with Gasteiger partial charge in [-0.15, -0.1) is 0 Å². The summed E-state index contributed by atoms with van der Waals surface area (Å²) in [4.78, 5) is 0. The molecule has 0 radical (unpaired) electrons. The number of hydrogen-bond acceptors (Lipinski definition) is 1. The Hall–Kier alpha value is -1.00. The monoisotopic (exact) mass is 306 g/mol. The van der Waals surface area contributed by atoms with Gasteiger partial charge in [0.1, 0.15) is 0 Å². The van der Waals surface area contributed by atoms with Crippen molar-refractivity contribution < 1.29 is 22.3 Å². The minimum Gasteiger partial charge on any atom is -0.491 e. The van der Waals surface area contributed by atoms with E-state index < -0.39 is 23.2 Å². The average molecular weight is 306 g/mol. The summed E-state index contributed by atoms with van der Waals surface area (Å²) in [5, 5.41) is 0. The van der Waals surface area contributed by atoms with Crippen molar-refractivity contribution in [3.63, 3.8) is 0 Å². The van der Waals surface area contributed by atoms with Crippen LogP contribution in [0.5, 0.6) is 0 Å². The van der Waals surface area contributed by atoms with E-state index >= 15 is 0 Å². The van der Waals surface area contributed by atoms with Crippen molar-refractivity contribution in [2.24, 2.45) is 11.8 Å². The Balaban J connectivity index is 2.02. The molecule has 0 saturated heterocycles. The van der Waals surface area contributed by atoms with E-state index in [2.05, 4.69) is 6.92 Å². The molecule has 0 aromatic heterocycles. The number of halogens is 4. The van der Waals surface area contributed by atoms with Crippen LogP contribution >= 0.6 is 0 Å². The Morgan fingerprint density at radius 3 is 2.24 bits per heavy atom. The van der Waals surface area contributed by atoms with E-state index in [1.165, 1.54) is 6.92 Å². The van der Waals surface area contributed by atoms with Crippen molar-refractivity contribution in [3.8, 4) is 0 Å². The van der Waals surface area contributed by atoms with Crippen LogP contribution in [0.1, 0.15) is 46.0 Å². The molecule has 0 unspecified atom stereocenters. The molecule has 0 aliphatic heterocycles. The summed E-state index contributed by atoms with van der Waals surface area (Å²) in [6.07, 6.45) is 5.86. The molecular weight excluding hydrogens is 284 g/mol. The number of hydrogen-bond donors (Lipinski definition) is 0. The van der Waals surface area contributed by atoms with Gasteiger partial charge in [-0.2, -0.15) is 17.6 Å². The van der Waals surface area contributed by atoms with Gasteiger partial charge in [0.25, 0.3) is 0 Å². The maximum atomic E-state index is 13.9. The maximum absolute atomic E-state index is 13.9. The van der Waals surface area contributed by atoms with Crippen LogP contribution in [-0.4, -0.2) is 18.5 Å². The molecule has 0 heterocycles. The number of rotatable bonds is 4. The maximum Gasteiger partial charge on any atom is 0.369 e. The predicted octanol–water partition coefficient (Wildman–Crippen LogP) is 5.33. The molecule has 2 aliphatic rings. The fraction of sp³-hybridized carbons (Fsp3) is 0.750. The predicted molar refractivity (Wildman–Crippen MR) is 73.4 cm³/mol. The first-order chi connectivity index (χ1) is 9.79. The second-order valence-electron chi connectivity index (χ2n) is 6.16. The van der Waals surface area contributed by atoms with E-state index in [9.17, 15) is 17.6 Å². The molecular formula is C16H22F4O. The van der Waals surface area contributed by atoms with Crippen molar-refractivity contribution in [2.75, 3.05) is 6.61 Å². The number of allylic oxidation sites excluding steroid dienone is 4. The van der Waals surface area contributed by atoms with E-state index in [1.54, 1.807) is 0 Å². The largest absolute Gasteiger partial charge is 0.491 e. The summed E-state index contributed by atoms with van der Waals surface area (Å²) in [5.41, 5.74) is -0.550. The zero-order valence-corrected chi connectivity index (χ0v) is 12.5. The van der Waals surface area contributed by atoms with Gasteiger partial charge in [0.15, 0.2) is 5.76 Å². The van der Waals surface area contributed by atoms with Crippen LogP contribution in [0, 0.1) is 11.8 Å². The van der Waals surface area contributed by atoms with Gasteiger partial charge in [-0.05, 0) is 37.2 Å². The highest BCUT2D eigenvalue weighted by molar-refractivity contribution is 5.35. The van der Waals surface area contributed by atoms with Gasteiger partial charge < -0.3 is 4.74 Å². The van der Waals surface area contributed by atoms with Crippen molar-refractivity contribution in [3.05, 3.63) is 23.5 Å². The molecule has 0 bridgehead atoms. The molecule has 1 saturated carbocycles. The smallest absolute Gasteiger partial charge is 0.369 e. The zero-order valence-electron chi connectivity index (χ0n) is 12.5. The molecule has 1 fully saturated rings. The second-order valence-corrected chi connectivity index (χ2v) is 6.16. The van der Waals surface area contributed by atoms with Crippen molar-refractivity contribution in [1.82, 2.24) is 0 Å². The Morgan fingerprint density at radius 1 is 1.05 bits per heavy atom. The first-order valence-corrected chi connectivity index (χ1v) is 7.59. The summed E-state index contributed by atoms with van der Waals surface area (Å²) in [6, 6.07) is 0. The van der Waals surface area contributed by atoms with Crippen LogP contribution in [0.15, 0.2) is 23.5 Å². The summed E-state index contributed by atoms with van der Waals surface area (Å²) >= 11 is 0. The lowest BCUT2D eigenvalue weighted by Crippen LogP contribution is -2.46. The summed E-state index contributed by atoms with van der Waals surface area (Å²) in [7, 11) is 0. The van der Waals surface area contributed by atoms with Crippen LogP contribution in [0.3, 0.4) is 0 Å². The van der Waals surface area contributed by atoms with Crippen LogP contribution in [0.4, 0.5) is 17.6 Å². The third kappa shape index (κ3) is 3.11. The van der Waals surface area contributed by atoms with Gasteiger partial charge in [0.2, 0.25) is 0 Å². The van der Waals surface area contributed by atoms with E-state index in [4.69, 9.17) is 4.74 Å². The average Bonchev–Trinajstić information content (AvgIpc) is 2.42. The highest BCUT2D eigenvalue weighted by Crippen LogP contribution is 2.48. The minimum absolute atomic E-state index is 0.0967. The molecule has 5 heteroatoms. The molecule has 0 amide bonds. The van der Waals surface area contributed by atoms with Crippen LogP contribution < -0.4 is 0 Å². The number of alkyl halides is 4. The summed E-state index contributed by atoms with van der Waals surface area (Å²) in [6.45, 7) is 3.70. The quantitative estimate of drug-likeness (QED) is 0.638. The van der Waals surface area contributed by atoms with Gasteiger partial charge in [-0.25, -0.2) is 0 Å². The second kappa shape index (κ2) is 6.01. The Labute approximate surface area is 123 Å². The van der Waals surface area contributed by atoms with Crippen LogP contribution in [-0.2, 0) is 4.74 Å². The van der Waals surface area contributed by atoms with Crippen molar-refractivity contribution in [2.45, 2.75) is 57.8 Å². The van der Waals surface area contributed by atoms with Crippen molar-refractivity contribution in [1.29, 1.82) is 0 Å². The standard InChI is InChI=1S/C16H22F4O/c1-3-13-8-9-14(16(19,20)15(13,17)18)21-10-12-6-4-11(2)5-7-12/h8-9,11-12H,3-7,10H2,1-2H3. The highest BCUT2D eigenvalue weighted by atomic mass is 19.3. The lowest BCUT2D eigenvalue weighted by atomic mass is 9.83. The van der Waals surface area contributed by atoms with E-state index in [1.807, 2.05) is 0 Å². The molecule has 21 heavy (non-hydrogen) atoms. The van der Waals surface area contributed by atoms with E-state index in [-0.39, 0.29) is 18.9 Å². The lowest BCUT2D eigenvalue weighted by Gasteiger charge is -2.33. The van der Waals surface area contributed by atoms with Gasteiger partial charge in [-0.1, -0.05) is 32.8 Å². The van der Waals surface area contributed by atoms with Crippen LogP contribution in [0.25, 0.3) is 0 Å². The summed E-state index contributed by atoms with van der Waals surface area (Å²) in [5.74, 6) is -8.48. The van der Waals surface area contributed by atoms with Gasteiger partial charge >= 0.3 is 11.8 Å². The van der Waals surface area contributed by atoms with E-state index in [0.29, 0.717) is 5.92 Å². The first-order valence-electron chi connectivity index (χ1n) is 7.59. The Morgan fingerprint density at radius 2 is 1.67 bits per heavy atom. The highest BCUT2D eigenvalue weighted by Gasteiger charge is 2.62. The Kier molecular flexibility index (Phi) is 4.69. The van der Waals surface area contributed by atoms with Crippen molar-refractivity contribution >= 4 is 0 Å². The topological polar surface area (TPSA) is 9.23 Å². The third-order valence-electron chi connectivity index (χ3n) is 4.53. The molecule has 0 aromatic carbocycles. The van der Waals surface area contributed by atoms with Crippen LogP contribution in [0.2, 0.25) is 0 Å². The van der Waals surface area contributed by atoms with Gasteiger partial charge in [0.05, 0.1) is 6.61 Å². The third-order valence-corrected chi connectivity index (χ3v) is 4.53. The minimum atomic E-state index is -4.25. The normalized spacial score (nSPS) is 31.3. The summed E-state index contributed by atoms with van der Waals surface area (Å²) < 4.78 is 60.5. The molecule has 1 nitrogen and oxygen atoms in total. The SMILES string of the molecule is CCC1=CC=C(OCC2CCC(C)CC2)C(F)(F)C1(F)F. The molecule has 0 N–H and O–H groups in total. The molecule has 120 valence electrons. The van der Waals surface area contributed by atoms with Gasteiger partial charge in [0, 0.05) is 5.57 Å². The molecule has 0 atom stereocenters. The Bertz CT molecular complexity index is 432. The van der Waals surface area contributed by atoms with E-state index in [0.717, 1.165) is 37.8 Å². The number of ether oxygens (including phenoxy) is 1. The fourth-order valence-electron chi connectivity index (χ4n) is 2.92. The molecule has 0 aromatic rings.